The highest BCUT2D eigenvalue weighted by molar-refractivity contribution is 14.1. The van der Waals surface area contributed by atoms with E-state index in [4.69, 9.17) is 0 Å². The van der Waals surface area contributed by atoms with Crippen LogP contribution in [0, 0.1) is 28.6 Å². The highest BCUT2D eigenvalue weighted by atomic mass is 127. The van der Waals surface area contributed by atoms with Crippen molar-refractivity contribution in [3.8, 4) is 0 Å². The van der Waals surface area contributed by atoms with E-state index in [-0.39, 0.29) is 0 Å². The van der Waals surface area contributed by atoms with Gasteiger partial charge < -0.3 is 0 Å². The Balaban J connectivity index is 1.94. The number of halogens is 1. The lowest BCUT2D eigenvalue weighted by molar-refractivity contribution is -0.0521. The Labute approximate surface area is 157 Å². The molecule has 0 amide bonds. The molecule has 3 aliphatic rings. The van der Waals surface area contributed by atoms with Gasteiger partial charge in [-0.25, -0.2) is 0 Å². The molecule has 0 aromatic rings. The third-order valence-corrected chi connectivity index (χ3v) is 7.62. The number of hydrogen-bond donors (Lipinski definition) is 0. The zero-order chi connectivity index (χ0) is 16.8. The minimum atomic E-state index is 0.479. The van der Waals surface area contributed by atoms with E-state index in [1.165, 1.54) is 45.1 Å². The normalized spacial score (nSPS) is 40.5. The lowest BCUT2D eigenvalue weighted by Gasteiger charge is -2.59. The predicted octanol–water partition coefficient (Wildman–Crippen LogP) is 6.40. The van der Waals surface area contributed by atoms with E-state index in [0.29, 0.717) is 16.7 Å². The Morgan fingerprint density at radius 2 is 2.04 bits per heavy atom. The molecule has 0 saturated heterocycles. The van der Waals surface area contributed by atoms with E-state index in [1.54, 1.807) is 11.1 Å². The molecule has 3 aliphatic carbocycles. The van der Waals surface area contributed by atoms with Gasteiger partial charge in [-0.05, 0) is 73.3 Å². The highest BCUT2D eigenvalue weighted by Crippen LogP contribution is 2.62. The second kappa shape index (κ2) is 6.48. The fraction of sp³-hybridized carbons (Fsp3) is 0.810. The zero-order valence-corrected chi connectivity index (χ0v) is 17.8. The van der Waals surface area contributed by atoms with Gasteiger partial charge in [0.2, 0.25) is 0 Å². The second-order valence-electron chi connectivity index (χ2n) is 9.23. The van der Waals surface area contributed by atoms with Gasteiger partial charge in [0, 0.05) is 29.4 Å². The van der Waals surface area contributed by atoms with Crippen LogP contribution in [0.1, 0.15) is 66.2 Å². The Hall–Kier alpha value is 0.170. The van der Waals surface area contributed by atoms with Crippen LogP contribution in [0.15, 0.2) is 23.3 Å². The fourth-order valence-corrected chi connectivity index (χ4v) is 6.94. The summed E-state index contributed by atoms with van der Waals surface area (Å²) >= 11 is 2.48. The standard InChI is InChI=1S/C21H34IN/c1-15(2)16-7-9-18-17(13-16)8-10-19-20(3,14-23(5)22)11-6-12-21(18,19)4/h8,13,15,18-19H,6-7,9-12,14H2,1-5H3/t18?,19?,20-,21+/m0/s1. The molecule has 0 N–H and O–H groups in total. The molecule has 2 heteroatoms. The van der Waals surface area contributed by atoms with Gasteiger partial charge in [0.05, 0.1) is 0 Å². The first-order valence-electron chi connectivity index (χ1n) is 9.54. The van der Waals surface area contributed by atoms with Crippen molar-refractivity contribution in [1.82, 2.24) is 3.11 Å². The maximum Gasteiger partial charge on any atom is 0.0198 e. The van der Waals surface area contributed by atoms with E-state index < -0.39 is 0 Å². The summed E-state index contributed by atoms with van der Waals surface area (Å²) in [5, 5.41) is 0. The summed E-state index contributed by atoms with van der Waals surface area (Å²) in [6.07, 6.45) is 13.5. The maximum atomic E-state index is 2.63. The molecule has 0 bridgehead atoms. The molecule has 0 aromatic heterocycles. The molecule has 1 saturated carbocycles. The SMILES string of the molecule is CC(C)C1=CC2=CCC3[C@](C)(CN(C)I)CCC[C@]3(C)C2CC1. The predicted molar refractivity (Wildman–Crippen MR) is 109 cm³/mol. The summed E-state index contributed by atoms with van der Waals surface area (Å²) in [5.41, 5.74) is 4.36. The molecule has 2 unspecified atom stereocenters. The summed E-state index contributed by atoms with van der Waals surface area (Å²) in [4.78, 5) is 0. The largest absolute Gasteiger partial charge is 0.250 e. The second-order valence-corrected chi connectivity index (χ2v) is 10.9. The van der Waals surface area contributed by atoms with E-state index in [0.717, 1.165) is 11.8 Å². The van der Waals surface area contributed by atoms with Gasteiger partial charge in [0.1, 0.15) is 0 Å². The zero-order valence-electron chi connectivity index (χ0n) is 15.7. The van der Waals surface area contributed by atoms with Crippen LogP contribution < -0.4 is 0 Å². The molecule has 1 fully saturated rings. The van der Waals surface area contributed by atoms with Crippen molar-refractivity contribution >= 4 is 22.9 Å². The molecule has 0 aromatic carbocycles. The van der Waals surface area contributed by atoms with Crippen molar-refractivity contribution in [1.29, 1.82) is 0 Å². The molecular weight excluding hydrogens is 393 g/mol. The third kappa shape index (κ3) is 3.19. The smallest absolute Gasteiger partial charge is 0.0198 e. The molecule has 130 valence electrons. The van der Waals surface area contributed by atoms with Gasteiger partial charge in [-0.15, -0.1) is 0 Å². The Kier molecular flexibility index (Phi) is 5.06. The van der Waals surface area contributed by atoms with Gasteiger partial charge in [-0.2, -0.15) is 0 Å². The molecular formula is C21H34IN. The Morgan fingerprint density at radius 3 is 2.70 bits per heavy atom. The summed E-state index contributed by atoms with van der Waals surface area (Å²) in [6.45, 7) is 11.1. The minimum absolute atomic E-state index is 0.479. The quantitative estimate of drug-likeness (QED) is 0.372. The van der Waals surface area contributed by atoms with Crippen molar-refractivity contribution in [3.05, 3.63) is 23.3 Å². The van der Waals surface area contributed by atoms with Crippen LogP contribution in [0.5, 0.6) is 0 Å². The van der Waals surface area contributed by atoms with Crippen LogP contribution in [0.3, 0.4) is 0 Å². The average molecular weight is 427 g/mol. The van der Waals surface area contributed by atoms with Crippen molar-refractivity contribution in [3.63, 3.8) is 0 Å². The third-order valence-electron chi connectivity index (χ3n) is 7.28. The molecule has 4 atom stereocenters. The summed E-state index contributed by atoms with van der Waals surface area (Å²) in [7, 11) is 2.24. The molecule has 3 rings (SSSR count). The van der Waals surface area contributed by atoms with Crippen molar-refractivity contribution in [2.45, 2.75) is 66.2 Å². The summed E-state index contributed by atoms with van der Waals surface area (Å²) in [6, 6.07) is 0. The average Bonchev–Trinajstić information content (AvgIpc) is 2.45. The Morgan fingerprint density at radius 1 is 1.30 bits per heavy atom. The molecule has 0 spiro atoms. The van der Waals surface area contributed by atoms with Crippen molar-refractivity contribution in [2.24, 2.45) is 28.6 Å². The lowest BCUT2D eigenvalue weighted by Crippen LogP contribution is -2.52. The first-order valence-corrected chi connectivity index (χ1v) is 10.5. The van der Waals surface area contributed by atoms with Crippen LogP contribution in [-0.4, -0.2) is 16.7 Å². The molecule has 1 nitrogen and oxygen atoms in total. The number of nitrogens with zero attached hydrogens (tertiary/aromatic N) is 1. The summed E-state index contributed by atoms with van der Waals surface area (Å²) in [5.74, 6) is 2.37. The first-order chi connectivity index (χ1) is 10.8. The molecule has 0 radical (unpaired) electrons. The van der Waals surface area contributed by atoms with Crippen LogP contribution in [0.2, 0.25) is 0 Å². The van der Waals surface area contributed by atoms with E-state index in [2.05, 4.69) is 72.9 Å². The number of rotatable bonds is 3. The van der Waals surface area contributed by atoms with Crippen molar-refractivity contribution < 1.29 is 0 Å². The monoisotopic (exact) mass is 427 g/mol. The van der Waals surface area contributed by atoms with E-state index >= 15 is 0 Å². The number of fused-ring (bicyclic) bond motifs is 3. The summed E-state index contributed by atoms with van der Waals surface area (Å²) < 4.78 is 2.39. The number of allylic oxidation sites excluding steroid dienone is 4. The molecule has 0 heterocycles. The van der Waals surface area contributed by atoms with Gasteiger partial charge in [-0.1, -0.05) is 51.8 Å². The van der Waals surface area contributed by atoms with E-state index in [1.807, 2.05) is 0 Å². The van der Waals surface area contributed by atoms with Crippen LogP contribution in [0.4, 0.5) is 0 Å². The highest BCUT2D eigenvalue weighted by Gasteiger charge is 2.54. The Bertz CT molecular complexity index is 518. The molecule has 23 heavy (non-hydrogen) atoms. The number of hydrogen-bond acceptors (Lipinski definition) is 1. The first kappa shape index (κ1) is 18.0. The van der Waals surface area contributed by atoms with Gasteiger partial charge in [0.25, 0.3) is 0 Å². The van der Waals surface area contributed by atoms with Crippen LogP contribution >= 0.6 is 22.9 Å². The van der Waals surface area contributed by atoms with Gasteiger partial charge >= 0.3 is 0 Å². The van der Waals surface area contributed by atoms with E-state index in [9.17, 15) is 0 Å². The van der Waals surface area contributed by atoms with Crippen molar-refractivity contribution in [2.75, 3.05) is 13.6 Å². The van der Waals surface area contributed by atoms with Crippen LogP contribution in [0.25, 0.3) is 0 Å². The maximum absolute atomic E-state index is 2.63. The molecule has 0 aliphatic heterocycles. The van der Waals surface area contributed by atoms with Gasteiger partial charge in [0.15, 0.2) is 0 Å². The van der Waals surface area contributed by atoms with Crippen LogP contribution in [-0.2, 0) is 0 Å². The lowest BCUT2D eigenvalue weighted by atomic mass is 9.47. The fourth-order valence-electron chi connectivity index (χ4n) is 6.16. The topological polar surface area (TPSA) is 3.24 Å². The van der Waals surface area contributed by atoms with Gasteiger partial charge in [-0.3, -0.25) is 3.11 Å². The minimum Gasteiger partial charge on any atom is -0.250 e.